The Balaban J connectivity index is 2.62. The molecule has 1 aliphatic carbocycles. The van der Waals surface area contributed by atoms with Gasteiger partial charge < -0.3 is 20.1 Å². The predicted octanol–water partition coefficient (Wildman–Crippen LogP) is 3.06. The van der Waals surface area contributed by atoms with E-state index in [4.69, 9.17) is 10.5 Å². The molecule has 3 rings (SSSR count). The van der Waals surface area contributed by atoms with Gasteiger partial charge in [0.1, 0.15) is 11.3 Å². The molecular formula is C18H21FN2O4. The van der Waals surface area contributed by atoms with Gasteiger partial charge in [-0.25, -0.2) is 9.18 Å². The van der Waals surface area contributed by atoms with Gasteiger partial charge in [-0.1, -0.05) is 20.8 Å². The predicted molar refractivity (Wildman–Crippen MR) is 93.1 cm³/mol. The molecule has 25 heavy (non-hydrogen) atoms. The molecule has 0 aliphatic heterocycles. The van der Waals surface area contributed by atoms with Crippen LogP contribution in [-0.2, 0) is 5.41 Å². The van der Waals surface area contributed by atoms with E-state index in [1.165, 1.54) is 13.3 Å². The highest BCUT2D eigenvalue weighted by Crippen LogP contribution is 2.45. The molecular weight excluding hydrogens is 327 g/mol. The van der Waals surface area contributed by atoms with Gasteiger partial charge >= 0.3 is 5.97 Å². The number of benzene rings is 1. The fraction of sp³-hybridized carbons (Fsp3) is 0.444. The molecule has 1 fully saturated rings. The van der Waals surface area contributed by atoms with Crippen molar-refractivity contribution in [3.8, 4) is 5.75 Å². The summed E-state index contributed by atoms with van der Waals surface area (Å²) in [5, 5.41) is 9.21. The second kappa shape index (κ2) is 5.47. The van der Waals surface area contributed by atoms with E-state index in [0.717, 1.165) is 12.8 Å². The molecule has 0 bridgehead atoms. The Morgan fingerprint density at radius 1 is 1.40 bits per heavy atom. The van der Waals surface area contributed by atoms with Crippen LogP contribution in [0.15, 0.2) is 11.0 Å². The topological polar surface area (TPSA) is 94.6 Å². The maximum Gasteiger partial charge on any atom is 0.341 e. The van der Waals surface area contributed by atoms with Gasteiger partial charge in [-0.3, -0.25) is 4.79 Å². The molecule has 134 valence electrons. The number of nitrogens with two attached hydrogens (primary N) is 1. The molecule has 6 nitrogen and oxygen atoms in total. The molecule has 0 amide bonds. The molecule has 0 saturated heterocycles. The molecule has 7 heteroatoms. The third kappa shape index (κ3) is 2.54. The van der Waals surface area contributed by atoms with Crippen molar-refractivity contribution < 1.29 is 19.0 Å². The lowest BCUT2D eigenvalue weighted by Gasteiger charge is -2.26. The molecule has 2 aromatic rings. The van der Waals surface area contributed by atoms with Gasteiger partial charge in [0, 0.05) is 17.8 Å². The monoisotopic (exact) mass is 348 g/mol. The van der Waals surface area contributed by atoms with Crippen LogP contribution in [-0.4, -0.2) is 22.8 Å². The second-order valence-electron chi connectivity index (χ2n) is 7.43. The van der Waals surface area contributed by atoms with Crippen molar-refractivity contribution in [3.05, 3.63) is 33.4 Å². The largest absolute Gasteiger partial charge is 0.494 e. The summed E-state index contributed by atoms with van der Waals surface area (Å²) < 4.78 is 22.2. The number of aromatic carboxylic acids is 1. The van der Waals surface area contributed by atoms with Gasteiger partial charge in [-0.05, 0) is 18.3 Å². The van der Waals surface area contributed by atoms with Gasteiger partial charge in [0.2, 0.25) is 5.43 Å². The van der Waals surface area contributed by atoms with Gasteiger partial charge in [-0.2, -0.15) is 0 Å². The Bertz CT molecular complexity index is 953. The summed E-state index contributed by atoms with van der Waals surface area (Å²) in [7, 11) is 1.41. The lowest BCUT2D eigenvalue weighted by Crippen LogP contribution is -2.24. The summed E-state index contributed by atoms with van der Waals surface area (Å²) in [6, 6.07) is 0.0489. The second-order valence-corrected chi connectivity index (χ2v) is 7.43. The van der Waals surface area contributed by atoms with Crippen LogP contribution in [0.1, 0.15) is 55.6 Å². The normalized spacial score (nSPS) is 14.8. The summed E-state index contributed by atoms with van der Waals surface area (Å²) in [4.78, 5) is 24.1. The van der Waals surface area contributed by atoms with E-state index in [1.807, 2.05) is 20.8 Å². The number of aromatic nitrogens is 1. The average molecular weight is 348 g/mol. The lowest BCUT2D eigenvalue weighted by atomic mass is 9.84. The Labute approximate surface area is 144 Å². The number of nitrogen functional groups attached to an aromatic ring is 1. The zero-order valence-corrected chi connectivity index (χ0v) is 14.6. The quantitative estimate of drug-likeness (QED) is 0.831. The van der Waals surface area contributed by atoms with E-state index in [1.54, 1.807) is 4.57 Å². The number of fused-ring (bicyclic) bond motifs is 1. The Morgan fingerprint density at radius 3 is 2.44 bits per heavy atom. The van der Waals surface area contributed by atoms with E-state index in [9.17, 15) is 14.7 Å². The molecule has 0 atom stereocenters. The van der Waals surface area contributed by atoms with E-state index in [-0.39, 0.29) is 28.4 Å². The number of anilines is 1. The molecule has 3 N–H and O–H groups in total. The molecule has 1 aromatic heterocycles. The molecule has 0 spiro atoms. The van der Waals surface area contributed by atoms with Crippen LogP contribution in [0.25, 0.3) is 10.9 Å². The van der Waals surface area contributed by atoms with E-state index < -0.39 is 28.2 Å². The highest BCUT2D eigenvalue weighted by atomic mass is 19.1. The molecule has 0 unspecified atom stereocenters. The third-order valence-corrected chi connectivity index (χ3v) is 4.53. The first kappa shape index (κ1) is 17.3. The first-order valence-corrected chi connectivity index (χ1v) is 8.07. The smallest absolute Gasteiger partial charge is 0.341 e. The Morgan fingerprint density at radius 2 is 2.00 bits per heavy atom. The van der Waals surface area contributed by atoms with Crippen LogP contribution < -0.4 is 15.9 Å². The van der Waals surface area contributed by atoms with Crippen LogP contribution in [0.4, 0.5) is 10.1 Å². The van der Waals surface area contributed by atoms with Crippen molar-refractivity contribution in [1.29, 1.82) is 0 Å². The highest BCUT2D eigenvalue weighted by molar-refractivity contribution is 6.01. The van der Waals surface area contributed by atoms with Gasteiger partial charge in [0.25, 0.3) is 0 Å². The van der Waals surface area contributed by atoms with E-state index in [2.05, 4.69) is 0 Å². The number of carboxylic acid groups (broad SMARTS) is 1. The first-order valence-electron chi connectivity index (χ1n) is 8.07. The summed E-state index contributed by atoms with van der Waals surface area (Å²) in [6.07, 6.45) is 3.02. The fourth-order valence-electron chi connectivity index (χ4n) is 3.24. The van der Waals surface area contributed by atoms with Crippen LogP contribution in [0, 0.1) is 5.82 Å². The standard InChI is InChI=1S/C18H21FN2O4/c1-18(2,3)11-12(19)13(20)10-14(16(11)25-4)21(8-5-6-8)7-9(15(10)22)17(23)24/h7-8H,5-6,20H2,1-4H3,(H,23,24). The zero-order chi connectivity index (χ0) is 18.7. The molecule has 1 aliphatic rings. The maximum absolute atomic E-state index is 15.0. The van der Waals surface area contributed by atoms with E-state index >= 15 is 4.39 Å². The minimum Gasteiger partial charge on any atom is -0.494 e. The number of carbonyl (C=O) groups is 1. The van der Waals surface area contributed by atoms with Crippen LogP contribution in [0.5, 0.6) is 5.75 Å². The third-order valence-electron chi connectivity index (χ3n) is 4.53. The number of nitrogens with zero attached hydrogens (tertiary/aromatic N) is 1. The van der Waals surface area contributed by atoms with Crippen molar-refractivity contribution in [2.24, 2.45) is 0 Å². The maximum atomic E-state index is 15.0. The fourth-order valence-corrected chi connectivity index (χ4v) is 3.24. The summed E-state index contributed by atoms with van der Waals surface area (Å²) in [6.45, 7) is 5.47. The summed E-state index contributed by atoms with van der Waals surface area (Å²) >= 11 is 0. The van der Waals surface area contributed by atoms with Crippen molar-refractivity contribution in [2.75, 3.05) is 12.8 Å². The number of methoxy groups -OCH3 is 1. The van der Waals surface area contributed by atoms with E-state index in [0.29, 0.717) is 5.52 Å². The number of halogens is 1. The van der Waals surface area contributed by atoms with Crippen molar-refractivity contribution in [1.82, 2.24) is 4.57 Å². The lowest BCUT2D eigenvalue weighted by molar-refractivity contribution is 0.0695. The summed E-state index contributed by atoms with van der Waals surface area (Å²) in [5.74, 6) is -1.87. The Hall–Kier alpha value is -2.57. The molecule has 1 heterocycles. The van der Waals surface area contributed by atoms with Crippen molar-refractivity contribution in [3.63, 3.8) is 0 Å². The minimum absolute atomic E-state index is 0.0489. The molecule has 1 saturated carbocycles. The Kier molecular flexibility index (Phi) is 3.78. The van der Waals surface area contributed by atoms with Crippen molar-refractivity contribution in [2.45, 2.75) is 45.1 Å². The minimum atomic E-state index is -1.36. The van der Waals surface area contributed by atoms with Crippen molar-refractivity contribution >= 4 is 22.6 Å². The van der Waals surface area contributed by atoms with Crippen LogP contribution >= 0.6 is 0 Å². The van der Waals surface area contributed by atoms with Gasteiger partial charge in [-0.15, -0.1) is 0 Å². The van der Waals surface area contributed by atoms with Crippen LogP contribution in [0.2, 0.25) is 0 Å². The number of rotatable bonds is 3. The SMILES string of the molecule is COc1c(C(C)(C)C)c(F)c(N)c2c(=O)c(C(=O)O)cn(C3CC3)c12. The molecule has 0 radical (unpaired) electrons. The van der Waals surface area contributed by atoms with Crippen LogP contribution in [0.3, 0.4) is 0 Å². The summed E-state index contributed by atoms with van der Waals surface area (Å²) in [5.41, 5.74) is 4.44. The number of hydrogen-bond acceptors (Lipinski definition) is 4. The zero-order valence-electron chi connectivity index (χ0n) is 14.6. The highest BCUT2D eigenvalue weighted by Gasteiger charge is 2.34. The van der Waals surface area contributed by atoms with Gasteiger partial charge in [0.15, 0.2) is 5.82 Å². The number of hydrogen-bond donors (Lipinski definition) is 2. The molecule has 1 aromatic carbocycles. The first-order chi connectivity index (χ1) is 11.6. The number of carboxylic acids is 1. The number of ether oxygens (including phenoxy) is 1. The average Bonchev–Trinajstić information content (AvgIpc) is 3.33. The van der Waals surface area contributed by atoms with Gasteiger partial charge in [0.05, 0.1) is 23.7 Å². The number of pyridine rings is 1.